The fourth-order valence-electron chi connectivity index (χ4n) is 13.1. The number of aldehydes is 1. The Bertz CT molecular complexity index is 1650. The van der Waals surface area contributed by atoms with Crippen molar-refractivity contribution in [3.8, 4) is 0 Å². The number of carboxylic acid groups (broad SMARTS) is 1. The van der Waals surface area contributed by atoms with Crippen molar-refractivity contribution in [1.82, 2.24) is 0 Å². The Morgan fingerprint density at radius 2 is 1.54 bits per heavy atom. The molecule has 0 amide bonds. The van der Waals surface area contributed by atoms with Gasteiger partial charge in [-0.1, -0.05) is 51.5 Å². The number of carbonyl (C=O) groups excluding carboxylic acids is 2. The van der Waals surface area contributed by atoms with Gasteiger partial charge < -0.3 is 69.7 Å². The topological polar surface area (TPSA) is 270 Å². The highest BCUT2D eigenvalue weighted by atomic mass is 16.7. The van der Waals surface area contributed by atoms with E-state index in [-0.39, 0.29) is 29.6 Å². The molecule has 0 spiro atoms. The number of aliphatic hydroxyl groups excluding tert-OH is 8. The zero-order chi connectivity index (χ0) is 41.8. The van der Waals surface area contributed by atoms with Gasteiger partial charge in [-0.25, -0.2) is 4.79 Å². The highest BCUT2D eigenvalue weighted by Crippen LogP contribution is 2.75. The standard InChI is InChI=1S/C41H60O16/c1-18-8-11-41(36(53)57-34-29(49)26(46)25(45)22(16-42)54-34)13-12-39(4)19(20(41)14-18)6-7-24-37(2)15-21(44)32(38(3,17-43)23(37)9-10-40(24,39)5)56-35-30(50)27(47)28(48)31(55-35)33(51)52/h6,17,20-32,34-35,42,44-50H,1,7-16H2,2-5H3,(H,51,52)/t20?,21-,22+,23?,24?,25+,26-,27-,28-,29+,30+,31-,32+,34-,35-,37-,38+,39+,40+,41-/m0/s1. The van der Waals surface area contributed by atoms with Crippen molar-refractivity contribution in [3.05, 3.63) is 23.8 Å². The van der Waals surface area contributed by atoms with E-state index in [1.807, 2.05) is 0 Å². The van der Waals surface area contributed by atoms with Gasteiger partial charge in [0.05, 0.1) is 29.6 Å². The average Bonchev–Trinajstić information content (AvgIpc) is 3.16. The molecule has 2 aliphatic heterocycles. The number of rotatable bonds is 7. The van der Waals surface area contributed by atoms with E-state index in [4.69, 9.17) is 18.9 Å². The molecule has 7 aliphatic rings. The van der Waals surface area contributed by atoms with Crippen LogP contribution in [0.25, 0.3) is 0 Å². The second-order valence-electron chi connectivity index (χ2n) is 19.1. The third kappa shape index (κ3) is 6.14. The highest BCUT2D eigenvalue weighted by molar-refractivity contribution is 5.79. The van der Waals surface area contributed by atoms with Crippen LogP contribution in [0, 0.1) is 44.8 Å². The maximum absolute atomic E-state index is 14.4. The molecule has 0 aromatic rings. The quantitative estimate of drug-likeness (QED) is 0.0714. The Balaban J connectivity index is 1.18. The van der Waals surface area contributed by atoms with E-state index in [9.17, 15) is 60.3 Å². The molecule has 3 unspecified atom stereocenters. The Morgan fingerprint density at radius 1 is 0.877 bits per heavy atom. The third-order valence-electron chi connectivity index (χ3n) is 16.5. The maximum atomic E-state index is 14.4. The summed E-state index contributed by atoms with van der Waals surface area (Å²) in [4.78, 5) is 39.5. The molecule has 0 aromatic carbocycles. The number of esters is 1. The second-order valence-corrected chi connectivity index (χ2v) is 19.1. The van der Waals surface area contributed by atoms with Gasteiger partial charge in [-0.05, 0) is 85.9 Å². The van der Waals surface area contributed by atoms with Crippen LogP contribution in [-0.2, 0) is 33.3 Å². The second kappa shape index (κ2) is 14.7. The minimum absolute atomic E-state index is 0.0439. The molecule has 57 heavy (non-hydrogen) atoms. The van der Waals surface area contributed by atoms with Gasteiger partial charge in [0.1, 0.15) is 49.0 Å². The van der Waals surface area contributed by atoms with Crippen molar-refractivity contribution < 1.29 is 79.3 Å². The summed E-state index contributed by atoms with van der Waals surface area (Å²) in [6.45, 7) is 12.0. The summed E-state index contributed by atoms with van der Waals surface area (Å²) in [5.74, 6) is -2.83. The normalized spacial score (nSPS) is 53.6. The van der Waals surface area contributed by atoms with Gasteiger partial charge >= 0.3 is 11.9 Å². The first-order valence-corrected chi connectivity index (χ1v) is 20.3. The number of ether oxygens (including phenoxy) is 4. The molecule has 0 radical (unpaired) electrons. The predicted molar refractivity (Wildman–Crippen MR) is 195 cm³/mol. The molecule has 7 rings (SSSR count). The van der Waals surface area contributed by atoms with Crippen molar-refractivity contribution in [2.75, 3.05) is 6.61 Å². The fraction of sp³-hybridized carbons (Fsp3) is 0.829. The number of fused-ring (bicyclic) bond motifs is 7. The summed E-state index contributed by atoms with van der Waals surface area (Å²) in [6.07, 6.45) is -12.1. The molecule has 20 atom stereocenters. The van der Waals surface area contributed by atoms with Crippen LogP contribution in [0.3, 0.4) is 0 Å². The molecule has 4 saturated carbocycles. The smallest absolute Gasteiger partial charge is 0.335 e. The maximum Gasteiger partial charge on any atom is 0.335 e. The van der Waals surface area contributed by atoms with E-state index >= 15 is 0 Å². The summed E-state index contributed by atoms with van der Waals surface area (Å²) in [6, 6.07) is 0. The molecule has 5 aliphatic carbocycles. The van der Waals surface area contributed by atoms with Gasteiger partial charge in [0, 0.05) is 5.92 Å². The lowest BCUT2D eigenvalue weighted by molar-refractivity contribution is -0.332. The fourth-order valence-corrected chi connectivity index (χ4v) is 13.1. The van der Waals surface area contributed by atoms with Crippen molar-refractivity contribution in [2.24, 2.45) is 44.8 Å². The van der Waals surface area contributed by atoms with E-state index in [2.05, 4.69) is 33.4 Å². The van der Waals surface area contributed by atoms with Crippen molar-refractivity contribution >= 4 is 18.2 Å². The van der Waals surface area contributed by atoms with Crippen LogP contribution >= 0.6 is 0 Å². The first kappa shape index (κ1) is 42.8. The molecule has 6 fully saturated rings. The molecular formula is C41H60O16. The van der Waals surface area contributed by atoms with Crippen LogP contribution in [0.2, 0.25) is 0 Å². The molecule has 320 valence electrons. The van der Waals surface area contributed by atoms with E-state index in [1.165, 1.54) is 0 Å². The van der Waals surface area contributed by atoms with Crippen LogP contribution < -0.4 is 0 Å². The van der Waals surface area contributed by atoms with Gasteiger partial charge in [0.2, 0.25) is 6.29 Å². The molecule has 0 aromatic heterocycles. The van der Waals surface area contributed by atoms with Gasteiger partial charge in [-0.3, -0.25) is 4.79 Å². The Labute approximate surface area is 331 Å². The van der Waals surface area contributed by atoms with E-state index in [0.29, 0.717) is 51.4 Å². The van der Waals surface area contributed by atoms with E-state index < -0.39 is 114 Å². The average molecular weight is 809 g/mol. The van der Waals surface area contributed by atoms with Crippen LogP contribution in [0.4, 0.5) is 0 Å². The van der Waals surface area contributed by atoms with Crippen LogP contribution in [0.15, 0.2) is 23.8 Å². The lowest BCUT2D eigenvalue weighted by Crippen LogP contribution is -2.69. The van der Waals surface area contributed by atoms with Crippen LogP contribution in [0.1, 0.15) is 85.5 Å². The number of aliphatic carboxylic acids is 1. The van der Waals surface area contributed by atoms with Crippen LogP contribution in [0.5, 0.6) is 0 Å². The van der Waals surface area contributed by atoms with E-state index in [0.717, 1.165) is 17.4 Å². The van der Waals surface area contributed by atoms with Gasteiger partial charge in [0.15, 0.2) is 12.4 Å². The molecule has 2 heterocycles. The summed E-state index contributed by atoms with van der Waals surface area (Å²) >= 11 is 0. The third-order valence-corrected chi connectivity index (χ3v) is 16.5. The number of aliphatic hydroxyl groups is 8. The Morgan fingerprint density at radius 3 is 2.19 bits per heavy atom. The number of hydrogen-bond acceptors (Lipinski definition) is 15. The minimum Gasteiger partial charge on any atom is -0.479 e. The number of allylic oxidation sites excluding steroid dienone is 3. The summed E-state index contributed by atoms with van der Waals surface area (Å²) in [7, 11) is 0. The largest absolute Gasteiger partial charge is 0.479 e. The Kier molecular flexibility index (Phi) is 11.0. The molecule has 16 nitrogen and oxygen atoms in total. The highest BCUT2D eigenvalue weighted by Gasteiger charge is 2.71. The lowest BCUT2D eigenvalue weighted by Gasteiger charge is -2.71. The first-order valence-electron chi connectivity index (χ1n) is 20.3. The Hall–Kier alpha value is -2.35. The number of hydrogen-bond donors (Lipinski definition) is 9. The molecule has 0 bridgehead atoms. The molecule has 2 saturated heterocycles. The zero-order valence-corrected chi connectivity index (χ0v) is 33.0. The molecular weight excluding hydrogens is 748 g/mol. The predicted octanol–water partition coefficient (Wildman–Crippen LogP) is 0.0884. The summed E-state index contributed by atoms with van der Waals surface area (Å²) < 4.78 is 22.9. The van der Waals surface area contributed by atoms with Crippen molar-refractivity contribution in [1.29, 1.82) is 0 Å². The number of carboxylic acids is 1. The summed E-state index contributed by atoms with van der Waals surface area (Å²) in [5, 5.41) is 94.0. The summed E-state index contributed by atoms with van der Waals surface area (Å²) in [5.41, 5.74) is -1.64. The minimum atomic E-state index is -1.93. The van der Waals surface area contributed by atoms with Crippen LogP contribution in [-0.4, -0.2) is 144 Å². The van der Waals surface area contributed by atoms with Gasteiger partial charge in [-0.15, -0.1) is 0 Å². The van der Waals surface area contributed by atoms with E-state index in [1.54, 1.807) is 6.92 Å². The van der Waals surface area contributed by atoms with Gasteiger partial charge in [0.25, 0.3) is 0 Å². The van der Waals surface area contributed by atoms with Crippen molar-refractivity contribution in [3.63, 3.8) is 0 Å². The zero-order valence-electron chi connectivity index (χ0n) is 33.0. The number of carbonyl (C=O) groups is 3. The van der Waals surface area contributed by atoms with Crippen molar-refractivity contribution in [2.45, 2.75) is 159 Å². The van der Waals surface area contributed by atoms with Gasteiger partial charge in [-0.2, -0.15) is 0 Å². The monoisotopic (exact) mass is 808 g/mol. The molecule has 9 N–H and O–H groups in total. The molecule has 16 heteroatoms. The lowest BCUT2D eigenvalue weighted by atomic mass is 9.33. The first-order chi connectivity index (χ1) is 26.6. The SMILES string of the molecule is C=C1CC[C@]2(C(=O)O[C@@H]3O[C@H](CO)[C@@H](O)[C@H](O)[C@H]3O)CC[C@]3(C)C(=CCC4[C@@]5(C)C[C@H](O)[C@@H](O[C@@H]6O[C@H](C(=O)O)[C@@H](O)[C@H](O)[C@H]6O)[C@](C)(C=O)C5CC[C@]43C)C2C1.